The van der Waals surface area contributed by atoms with E-state index in [1.807, 2.05) is 26.0 Å². The molecule has 1 radical (unpaired) electrons. The number of hydrogen-bond donors (Lipinski definition) is 0. The monoisotopic (exact) mass is 253 g/mol. The minimum absolute atomic E-state index is 0.235. The minimum atomic E-state index is -3.12. The highest BCUT2D eigenvalue weighted by molar-refractivity contribution is 7.91. The fourth-order valence-corrected chi connectivity index (χ4v) is 3.24. The fourth-order valence-electron chi connectivity index (χ4n) is 1.61. The van der Waals surface area contributed by atoms with Crippen LogP contribution < -0.4 is 0 Å². The molecule has 0 aliphatic carbocycles. The summed E-state index contributed by atoms with van der Waals surface area (Å²) in [6, 6.07) is 7.23. The lowest BCUT2D eigenvalue weighted by atomic mass is 10.1. The van der Waals surface area contributed by atoms with Crippen molar-refractivity contribution in [2.75, 3.05) is 5.75 Å². The topological polar surface area (TPSA) is 34.1 Å². The Labute approximate surface area is 105 Å². The van der Waals surface area contributed by atoms with Crippen LogP contribution in [0.2, 0.25) is 0 Å². The molecule has 0 aromatic heterocycles. The van der Waals surface area contributed by atoms with Crippen molar-refractivity contribution < 1.29 is 8.42 Å². The van der Waals surface area contributed by atoms with E-state index in [4.69, 9.17) is 0 Å². The Morgan fingerprint density at radius 1 is 1.29 bits per heavy atom. The van der Waals surface area contributed by atoms with E-state index >= 15 is 0 Å². The van der Waals surface area contributed by atoms with E-state index in [1.54, 1.807) is 12.1 Å². The van der Waals surface area contributed by atoms with Gasteiger partial charge in [0.25, 0.3) is 0 Å². The second-order valence-electron chi connectivity index (χ2n) is 4.75. The highest BCUT2D eigenvalue weighted by Crippen LogP contribution is 2.16. The van der Waals surface area contributed by atoms with Gasteiger partial charge in [-0.25, -0.2) is 8.42 Å². The van der Waals surface area contributed by atoms with Gasteiger partial charge in [-0.1, -0.05) is 32.9 Å². The first-order chi connectivity index (χ1) is 7.95. The van der Waals surface area contributed by atoms with Gasteiger partial charge in [0, 0.05) is 0 Å². The van der Waals surface area contributed by atoms with E-state index in [-0.39, 0.29) is 5.75 Å². The molecular weight excluding hydrogens is 232 g/mol. The summed E-state index contributed by atoms with van der Waals surface area (Å²) in [7, 11) is -3.12. The Hall–Kier alpha value is -0.830. The smallest absolute Gasteiger partial charge is 0.178 e. The quantitative estimate of drug-likeness (QED) is 0.779. The largest absolute Gasteiger partial charge is 0.224 e. The molecule has 1 aromatic carbocycles. The number of benzene rings is 1. The average molecular weight is 253 g/mol. The lowest BCUT2D eigenvalue weighted by Gasteiger charge is -2.08. The highest BCUT2D eigenvalue weighted by atomic mass is 32.2. The van der Waals surface area contributed by atoms with Crippen molar-refractivity contribution >= 4 is 9.84 Å². The number of aryl methyl sites for hydroxylation is 1. The van der Waals surface area contributed by atoms with Gasteiger partial charge in [-0.05, 0) is 42.9 Å². The number of sulfone groups is 1. The first-order valence-electron chi connectivity index (χ1n) is 6.06. The Balaban J connectivity index is 2.87. The zero-order valence-corrected chi connectivity index (χ0v) is 11.5. The second-order valence-corrected chi connectivity index (χ2v) is 6.86. The zero-order chi connectivity index (χ0) is 12.9. The van der Waals surface area contributed by atoms with E-state index in [2.05, 4.69) is 6.92 Å². The maximum absolute atomic E-state index is 12.1. The van der Waals surface area contributed by atoms with Gasteiger partial charge in [0.2, 0.25) is 0 Å². The van der Waals surface area contributed by atoms with Gasteiger partial charge in [0.1, 0.15) is 0 Å². The van der Waals surface area contributed by atoms with E-state index in [0.29, 0.717) is 17.2 Å². The van der Waals surface area contributed by atoms with Crippen molar-refractivity contribution in [1.82, 2.24) is 0 Å². The average Bonchev–Trinajstić information content (AvgIpc) is 2.27. The number of hydrogen-bond acceptors (Lipinski definition) is 2. The molecule has 0 aliphatic rings. The molecule has 0 saturated carbocycles. The third kappa shape index (κ3) is 4.50. The third-order valence-electron chi connectivity index (χ3n) is 2.69. The van der Waals surface area contributed by atoms with Crippen molar-refractivity contribution in [2.45, 2.75) is 38.0 Å². The maximum Gasteiger partial charge on any atom is 0.178 e. The summed E-state index contributed by atoms with van der Waals surface area (Å²) in [6.07, 6.45) is 2.32. The SMILES string of the molecule is [CH2]CCc1cccc(S(=O)(=O)CCC(C)C)c1. The summed E-state index contributed by atoms with van der Waals surface area (Å²) in [5.41, 5.74) is 1.05. The molecule has 0 N–H and O–H groups in total. The number of rotatable bonds is 6. The molecular formula is C14H21O2S. The van der Waals surface area contributed by atoms with Crippen LogP contribution in [-0.2, 0) is 16.3 Å². The molecule has 0 saturated heterocycles. The zero-order valence-electron chi connectivity index (χ0n) is 10.6. The highest BCUT2D eigenvalue weighted by Gasteiger charge is 2.15. The minimum Gasteiger partial charge on any atom is -0.224 e. The van der Waals surface area contributed by atoms with Crippen LogP contribution in [0.5, 0.6) is 0 Å². The molecule has 0 amide bonds. The van der Waals surface area contributed by atoms with E-state index < -0.39 is 9.84 Å². The third-order valence-corrected chi connectivity index (χ3v) is 4.43. The lowest BCUT2D eigenvalue weighted by molar-refractivity contribution is 0.573. The van der Waals surface area contributed by atoms with E-state index in [0.717, 1.165) is 18.4 Å². The van der Waals surface area contributed by atoms with Crippen LogP contribution in [0.4, 0.5) is 0 Å². The lowest BCUT2D eigenvalue weighted by Crippen LogP contribution is -2.09. The van der Waals surface area contributed by atoms with Crippen LogP contribution >= 0.6 is 0 Å². The van der Waals surface area contributed by atoms with Crippen molar-refractivity contribution in [2.24, 2.45) is 5.92 Å². The van der Waals surface area contributed by atoms with Crippen molar-refractivity contribution in [3.63, 3.8) is 0 Å². The van der Waals surface area contributed by atoms with Gasteiger partial charge in [-0.3, -0.25) is 0 Å². The maximum atomic E-state index is 12.1. The second kappa shape index (κ2) is 6.20. The normalized spacial score (nSPS) is 12.0. The van der Waals surface area contributed by atoms with Crippen molar-refractivity contribution in [1.29, 1.82) is 0 Å². The summed E-state index contributed by atoms with van der Waals surface area (Å²) in [6.45, 7) is 7.86. The molecule has 2 nitrogen and oxygen atoms in total. The molecule has 0 aliphatic heterocycles. The molecule has 0 atom stereocenters. The van der Waals surface area contributed by atoms with Crippen molar-refractivity contribution in [3.8, 4) is 0 Å². The molecule has 1 aromatic rings. The van der Waals surface area contributed by atoms with Gasteiger partial charge in [0.05, 0.1) is 10.6 Å². The molecule has 0 unspecified atom stereocenters. The first kappa shape index (κ1) is 14.2. The van der Waals surface area contributed by atoms with Gasteiger partial charge in [-0.15, -0.1) is 0 Å². The predicted octanol–water partition coefficient (Wildman–Crippen LogP) is 3.27. The molecule has 0 fully saturated rings. The summed E-state index contributed by atoms with van der Waals surface area (Å²) < 4.78 is 24.2. The molecule has 0 heterocycles. The molecule has 95 valence electrons. The first-order valence-corrected chi connectivity index (χ1v) is 7.72. The van der Waals surface area contributed by atoms with Crippen LogP contribution in [-0.4, -0.2) is 14.2 Å². The van der Waals surface area contributed by atoms with Crippen LogP contribution in [0.25, 0.3) is 0 Å². The van der Waals surface area contributed by atoms with Crippen LogP contribution in [0.3, 0.4) is 0 Å². The van der Waals surface area contributed by atoms with Gasteiger partial charge < -0.3 is 0 Å². The molecule has 0 bridgehead atoms. The summed E-state index contributed by atoms with van der Waals surface area (Å²) >= 11 is 0. The Morgan fingerprint density at radius 3 is 2.59 bits per heavy atom. The van der Waals surface area contributed by atoms with Crippen molar-refractivity contribution in [3.05, 3.63) is 36.8 Å². The molecule has 3 heteroatoms. The van der Waals surface area contributed by atoms with Gasteiger partial charge in [-0.2, -0.15) is 0 Å². The Morgan fingerprint density at radius 2 is 2.00 bits per heavy atom. The molecule has 17 heavy (non-hydrogen) atoms. The van der Waals surface area contributed by atoms with Gasteiger partial charge >= 0.3 is 0 Å². The Bertz CT molecular complexity index is 447. The summed E-state index contributed by atoms with van der Waals surface area (Å²) in [5, 5.41) is 0. The predicted molar refractivity (Wildman–Crippen MR) is 71.6 cm³/mol. The fraction of sp³-hybridized carbons (Fsp3) is 0.500. The van der Waals surface area contributed by atoms with Gasteiger partial charge in [0.15, 0.2) is 9.84 Å². The van der Waals surface area contributed by atoms with Crippen LogP contribution in [0, 0.1) is 12.8 Å². The van der Waals surface area contributed by atoms with Crippen LogP contribution in [0.1, 0.15) is 32.3 Å². The van der Waals surface area contributed by atoms with Crippen LogP contribution in [0.15, 0.2) is 29.2 Å². The molecule has 1 rings (SSSR count). The van der Waals surface area contributed by atoms with E-state index in [1.165, 1.54) is 0 Å². The standard InChI is InChI=1S/C14H21O2S/c1-4-6-13-7-5-8-14(11-13)17(15,16)10-9-12(2)3/h5,7-8,11-12H,1,4,6,9-10H2,2-3H3. The summed E-state index contributed by atoms with van der Waals surface area (Å²) in [4.78, 5) is 0.448. The van der Waals surface area contributed by atoms with E-state index in [9.17, 15) is 8.42 Å². The molecule has 0 spiro atoms. The Kier molecular flexibility index (Phi) is 5.19. The summed E-state index contributed by atoms with van der Waals surface area (Å²) in [5.74, 6) is 0.645.